The summed E-state index contributed by atoms with van der Waals surface area (Å²) in [6, 6.07) is 27.1. The van der Waals surface area contributed by atoms with Crippen molar-refractivity contribution in [2.75, 3.05) is 6.26 Å². The van der Waals surface area contributed by atoms with E-state index in [2.05, 4.69) is 64.9 Å². The molecule has 5 nitrogen and oxygen atoms in total. The third-order valence-electron chi connectivity index (χ3n) is 6.66. The Morgan fingerprint density at radius 3 is 2.41 bits per heavy atom. The number of imidazole rings is 1. The molecule has 37 heavy (non-hydrogen) atoms. The first-order chi connectivity index (χ1) is 17.8. The van der Waals surface area contributed by atoms with Gasteiger partial charge in [-0.05, 0) is 78.3 Å². The summed E-state index contributed by atoms with van der Waals surface area (Å²) >= 11 is 1.63. The normalized spacial score (nSPS) is 11.8. The van der Waals surface area contributed by atoms with Crippen molar-refractivity contribution < 1.29 is 15.3 Å². The van der Waals surface area contributed by atoms with Crippen LogP contribution in [0.4, 0.5) is 0 Å². The molecule has 0 saturated heterocycles. The molecule has 0 unspecified atom stereocenters. The van der Waals surface area contributed by atoms with Gasteiger partial charge in [0.05, 0.1) is 11.4 Å². The predicted octanol–water partition coefficient (Wildman–Crippen LogP) is 7.61. The number of aliphatic hydroxyl groups is 1. The summed E-state index contributed by atoms with van der Waals surface area (Å²) in [7, 11) is 0. The first-order valence-corrected chi connectivity index (χ1v) is 13.4. The number of fused-ring (bicyclic) bond motifs is 1. The maximum absolute atomic E-state index is 10.8. The SMILES string of the molecule is CSc1cc(-c2ccc(-n3cc(C(C)(C)O)nc3-c3cccc4ccccc34)c(C)c2)ccc1COO. The molecule has 0 aliphatic carbocycles. The first kappa shape index (κ1) is 25.2. The van der Waals surface area contributed by atoms with Crippen molar-refractivity contribution in [1.82, 2.24) is 9.55 Å². The number of aromatic nitrogens is 2. The van der Waals surface area contributed by atoms with Crippen LogP contribution in [0, 0.1) is 6.92 Å². The van der Waals surface area contributed by atoms with Crippen molar-refractivity contribution in [1.29, 1.82) is 0 Å². The zero-order valence-corrected chi connectivity index (χ0v) is 22.2. The molecule has 0 fully saturated rings. The molecule has 1 heterocycles. The van der Waals surface area contributed by atoms with Crippen molar-refractivity contribution in [2.45, 2.75) is 37.9 Å². The van der Waals surface area contributed by atoms with Crippen molar-refractivity contribution in [3.05, 3.63) is 102 Å². The van der Waals surface area contributed by atoms with Gasteiger partial charge in [0.25, 0.3) is 0 Å². The van der Waals surface area contributed by atoms with Crippen molar-refractivity contribution in [3.63, 3.8) is 0 Å². The molecule has 0 saturated carbocycles. The van der Waals surface area contributed by atoms with Crippen LogP contribution in [0.15, 0.2) is 90.0 Å². The Balaban J connectivity index is 1.64. The molecule has 0 atom stereocenters. The highest BCUT2D eigenvalue weighted by molar-refractivity contribution is 7.98. The van der Waals surface area contributed by atoms with Gasteiger partial charge in [-0.2, -0.15) is 0 Å². The highest BCUT2D eigenvalue weighted by Gasteiger charge is 2.24. The minimum absolute atomic E-state index is 0.162. The second-order valence-corrected chi connectivity index (χ2v) is 10.6. The minimum atomic E-state index is -1.08. The van der Waals surface area contributed by atoms with Crippen LogP contribution in [0.25, 0.3) is 39.0 Å². The molecule has 1 aromatic heterocycles. The van der Waals surface area contributed by atoms with Gasteiger partial charge in [0.15, 0.2) is 0 Å². The summed E-state index contributed by atoms with van der Waals surface area (Å²) in [4.78, 5) is 10.4. The number of nitrogens with zero attached hydrogens (tertiary/aromatic N) is 2. The number of hydrogen-bond acceptors (Lipinski definition) is 5. The molecule has 5 rings (SSSR count). The smallest absolute Gasteiger partial charge is 0.145 e. The molecule has 188 valence electrons. The van der Waals surface area contributed by atoms with Crippen LogP contribution in [0.3, 0.4) is 0 Å². The lowest BCUT2D eigenvalue weighted by Gasteiger charge is -2.15. The molecule has 0 bridgehead atoms. The molecule has 6 heteroatoms. The zero-order chi connectivity index (χ0) is 26.2. The van der Waals surface area contributed by atoms with Gasteiger partial charge in [-0.3, -0.25) is 9.82 Å². The monoisotopic (exact) mass is 510 g/mol. The Hall–Kier alpha value is -3.42. The fourth-order valence-corrected chi connectivity index (χ4v) is 5.32. The molecule has 0 amide bonds. The summed E-state index contributed by atoms with van der Waals surface area (Å²) in [5, 5.41) is 21.9. The Labute approximate surface area is 221 Å². The number of aryl methyl sites for hydroxylation is 1. The van der Waals surface area contributed by atoms with Gasteiger partial charge >= 0.3 is 0 Å². The third-order valence-corrected chi connectivity index (χ3v) is 7.48. The van der Waals surface area contributed by atoms with Gasteiger partial charge in [-0.15, -0.1) is 11.8 Å². The predicted molar refractivity (Wildman–Crippen MR) is 151 cm³/mol. The van der Waals surface area contributed by atoms with E-state index in [-0.39, 0.29) is 6.61 Å². The van der Waals surface area contributed by atoms with Crippen LogP contribution in [-0.4, -0.2) is 26.2 Å². The zero-order valence-electron chi connectivity index (χ0n) is 21.4. The summed E-state index contributed by atoms with van der Waals surface area (Å²) in [6.07, 6.45) is 3.96. The third kappa shape index (κ3) is 4.93. The average molecular weight is 511 g/mol. The van der Waals surface area contributed by atoms with Crippen LogP contribution < -0.4 is 0 Å². The Morgan fingerprint density at radius 2 is 1.68 bits per heavy atom. The van der Waals surface area contributed by atoms with Crippen molar-refractivity contribution in [2.24, 2.45) is 0 Å². The first-order valence-electron chi connectivity index (χ1n) is 12.1. The van der Waals surface area contributed by atoms with Gasteiger partial charge < -0.3 is 5.11 Å². The van der Waals surface area contributed by atoms with Gasteiger partial charge in [-0.1, -0.05) is 60.7 Å². The lowest BCUT2D eigenvalue weighted by Crippen LogP contribution is -2.15. The molecule has 2 N–H and O–H groups in total. The average Bonchev–Trinajstić information content (AvgIpc) is 3.34. The second kappa shape index (κ2) is 10.1. The fourth-order valence-electron chi connectivity index (χ4n) is 4.69. The largest absolute Gasteiger partial charge is 0.384 e. The maximum atomic E-state index is 10.8. The lowest BCUT2D eigenvalue weighted by molar-refractivity contribution is -0.253. The van der Waals surface area contributed by atoms with E-state index < -0.39 is 5.60 Å². The summed E-state index contributed by atoms with van der Waals surface area (Å²) in [5.41, 5.74) is 5.79. The van der Waals surface area contributed by atoms with Crippen LogP contribution in [0.5, 0.6) is 0 Å². The van der Waals surface area contributed by atoms with E-state index in [0.717, 1.165) is 55.0 Å². The Kier molecular flexibility index (Phi) is 6.92. The van der Waals surface area contributed by atoms with E-state index in [0.29, 0.717) is 5.69 Å². The van der Waals surface area contributed by atoms with E-state index >= 15 is 0 Å². The van der Waals surface area contributed by atoms with Crippen LogP contribution in [0.1, 0.15) is 30.7 Å². The van der Waals surface area contributed by atoms with E-state index in [9.17, 15) is 5.11 Å². The van der Waals surface area contributed by atoms with E-state index in [1.54, 1.807) is 25.6 Å². The number of thioether (sulfide) groups is 1. The van der Waals surface area contributed by atoms with E-state index in [1.165, 1.54) is 0 Å². The van der Waals surface area contributed by atoms with Crippen LogP contribution in [-0.2, 0) is 17.1 Å². The highest BCUT2D eigenvalue weighted by atomic mass is 32.2. The lowest BCUT2D eigenvalue weighted by atomic mass is 10.0. The quantitative estimate of drug-likeness (QED) is 0.134. The molecule has 0 aliphatic heterocycles. The summed E-state index contributed by atoms with van der Waals surface area (Å²) in [6.45, 7) is 5.78. The highest BCUT2D eigenvalue weighted by Crippen LogP contribution is 2.35. The standard InChI is InChI=1S/C31H30N2O3S/c1-20-16-22(23-12-13-24(19-36-35)28(17-23)37-4)14-15-27(20)33-18-29(31(2,3)34)32-30(33)26-11-7-9-21-8-5-6-10-25(21)26/h5-18,34-35H,19H2,1-4H3. The van der Waals surface area contributed by atoms with Gasteiger partial charge in [0, 0.05) is 16.7 Å². The van der Waals surface area contributed by atoms with Gasteiger partial charge in [0.2, 0.25) is 0 Å². The number of hydrogen-bond donors (Lipinski definition) is 2. The molecule has 4 aromatic carbocycles. The molecule has 0 spiro atoms. The minimum Gasteiger partial charge on any atom is -0.384 e. The second-order valence-electron chi connectivity index (χ2n) is 9.71. The topological polar surface area (TPSA) is 67.5 Å². The molecule has 5 aromatic rings. The molecule has 0 aliphatic rings. The summed E-state index contributed by atoms with van der Waals surface area (Å²) in [5.74, 6) is 0.794. The number of rotatable bonds is 7. The van der Waals surface area contributed by atoms with Crippen molar-refractivity contribution >= 4 is 22.5 Å². The fraction of sp³-hybridized carbons (Fsp3) is 0.194. The van der Waals surface area contributed by atoms with Crippen molar-refractivity contribution in [3.8, 4) is 28.2 Å². The van der Waals surface area contributed by atoms with Gasteiger partial charge in [-0.25, -0.2) is 9.87 Å². The van der Waals surface area contributed by atoms with Crippen LogP contribution >= 0.6 is 11.8 Å². The summed E-state index contributed by atoms with van der Waals surface area (Å²) < 4.78 is 2.09. The number of benzene rings is 4. The Bertz CT molecular complexity index is 1580. The van der Waals surface area contributed by atoms with E-state index in [4.69, 9.17) is 10.2 Å². The molecule has 0 radical (unpaired) electrons. The molecular weight excluding hydrogens is 480 g/mol. The van der Waals surface area contributed by atoms with Crippen LogP contribution in [0.2, 0.25) is 0 Å². The molecular formula is C31H30N2O3S. The van der Waals surface area contributed by atoms with Gasteiger partial charge in [0.1, 0.15) is 18.0 Å². The maximum Gasteiger partial charge on any atom is 0.145 e. The Morgan fingerprint density at radius 1 is 0.946 bits per heavy atom. The van der Waals surface area contributed by atoms with E-state index in [1.807, 2.05) is 42.8 Å².